The number of amides is 1. The molecule has 0 spiro atoms. The average molecular weight is 461 g/mol. The Morgan fingerprint density at radius 1 is 1.27 bits per heavy atom. The number of rotatable bonds is 4. The molecule has 0 aromatic carbocycles. The number of carbonyl (C=O) groups excluding carboxylic acids is 1. The molecule has 0 aliphatic carbocycles. The number of nitrogens with one attached hydrogen (secondary N) is 3. The summed E-state index contributed by atoms with van der Waals surface area (Å²) in [6.45, 7) is 2.70. The van der Waals surface area contributed by atoms with Crippen molar-refractivity contribution in [2.75, 3.05) is 18.4 Å². The fraction of sp³-hybridized carbons (Fsp3) is 0.318. The number of aromatic amines is 1. The highest BCUT2D eigenvalue weighted by molar-refractivity contribution is 7.21. The van der Waals surface area contributed by atoms with E-state index in [0.29, 0.717) is 40.0 Å². The lowest BCUT2D eigenvalue weighted by molar-refractivity contribution is -0.117. The number of anilines is 1. The quantitative estimate of drug-likeness (QED) is 0.378. The van der Waals surface area contributed by atoms with Gasteiger partial charge in [0.1, 0.15) is 21.3 Å². The van der Waals surface area contributed by atoms with Crippen LogP contribution < -0.4 is 16.2 Å². The molecule has 7 rings (SSSR count). The van der Waals surface area contributed by atoms with Crippen LogP contribution in [0.1, 0.15) is 18.5 Å². The van der Waals surface area contributed by atoms with E-state index in [1.54, 1.807) is 28.1 Å². The zero-order valence-electron chi connectivity index (χ0n) is 17.6. The molecule has 5 aromatic heterocycles. The van der Waals surface area contributed by atoms with E-state index in [2.05, 4.69) is 30.4 Å². The topological polar surface area (TPSA) is 122 Å². The lowest BCUT2D eigenvalue weighted by Crippen LogP contribution is -2.43. The van der Waals surface area contributed by atoms with Gasteiger partial charge in [0, 0.05) is 30.4 Å². The minimum absolute atomic E-state index is 0.0484. The highest BCUT2D eigenvalue weighted by Crippen LogP contribution is 2.36. The first-order valence-electron chi connectivity index (χ1n) is 11.0. The van der Waals surface area contributed by atoms with Gasteiger partial charge in [-0.2, -0.15) is 10.2 Å². The average Bonchev–Trinajstić information content (AvgIpc) is 3.50. The van der Waals surface area contributed by atoms with Crippen LogP contribution in [0.15, 0.2) is 29.5 Å². The summed E-state index contributed by atoms with van der Waals surface area (Å²) < 4.78 is 3.82. The Labute approximate surface area is 190 Å². The predicted molar refractivity (Wildman–Crippen MR) is 126 cm³/mol. The second-order valence-corrected chi connectivity index (χ2v) is 9.78. The molecule has 0 radical (unpaired) electrons. The fourth-order valence-electron chi connectivity index (χ4n) is 4.78. The van der Waals surface area contributed by atoms with Gasteiger partial charge in [-0.25, -0.2) is 4.52 Å². The van der Waals surface area contributed by atoms with Gasteiger partial charge in [0.05, 0.1) is 28.5 Å². The molecule has 10 nitrogen and oxygen atoms in total. The number of H-pyrrole nitrogens is 1. The Bertz CT molecular complexity index is 1640. The zero-order chi connectivity index (χ0) is 22.1. The minimum atomic E-state index is -0.216. The van der Waals surface area contributed by atoms with E-state index in [0.717, 1.165) is 47.7 Å². The Hall–Kier alpha value is -3.57. The summed E-state index contributed by atoms with van der Waals surface area (Å²) in [6, 6.07) is 1.75. The van der Waals surface area contributed by atoms with Crippen LogP contribution in [-0.4, -0.2) is 48.4 Å². The Balaban J connectivity index is 1.28. The molecule has 33 heavy (non-hydrogen) atoms. The van der Waals surface area contributed by atoms with Gasteiger partial charge in [-0.15, -0.1) is 11.3 Å². The molecule has 166 valence electrons. The van der Waals surface area contributed by atoms with Gasteiger partial charge in [-0.3, -0.25) is 19.3 Å². The number of hydrogen-bond donors (Lipinski definition) is 3. The van der Waals surface area contributed by atoms with Gasteiger partial charge in [0.15, 0.2) is 0 Å². The molecule has 1 fully saturated rings. The van der Waals surface area contributed by atoms with Crippen LogP contribution in [0.3, 0.4) is 0 Å². The molecule has 1 saturated heterocycles. The summed E-state index contributed by atoms with van der Waals surface area (Å²) in [4.78, 5) is 34.6. The third-order valence-corrected chi connectivity index (χ3v) is 7.65. The molecule has 11 heteroatoms. The standard InChI is InChI=1S/C22H20N8O2S/c31-17(4-11-6-23-7-11)26-12-5-14-19(24-8-12)20-18(21(32)27-14)22-30(28-20)10-16(33-22)13-9-25-29-3-1-2-15(13)29/h5,8-11,23H,1-4,6-7H2,(H,26,31)(H,27,32). The summed E-state index contributed by atoms with van der Waals surface area (Å²) in [5.74, 6) is 0.331. The summed E-state index contributed by atoms with van der Waals surface area (Å²) in [6.07, 6.45) is 8.08. The Morgan fingerprint density at radius 2 is 2.18 bits per heavy atom. The largest absolute Gasteiger partial charge is 0.325 e. The van der Waals surface area contributed by atoms with Gasteiger partial charge in [0.2, 0.25) is 5.91 Å². The van der Waals surface area contributed by atoms with Crippen LogP contribution >= 0.6 is 11.3 Å². The molecular weight excluding hydrogens is 440 g/mol. The van der Waals surface area contributed by atoms with Gasteiger partial charge < -0.3 is 15.6 Å². The van der Waals surface area contributed by atoms with Crippen LogP contribution in [0, 0.1) is 5.92 Å². The van der Waals surface area contributed by atoms with Crippen molar-refractivity contribution in [3.05, 3.63) is 40.7 Å². The summed E-state index contributed by atoms with van der Waals surface area (Å²) >= 11 is 1.54. The van der Waals surface area contributed by atoms with E-state index in [1.165, 1.54) is 5.69 Å². The first kappa shape index (κ1) is 18.9. The van der Waals surface area contributed by atoms with E-state index in [1.807, 2.05) is 12.4 Å². The molecule has 0 unspecified atom stereocenters. The van der Waals surface area contributed by atoms with Gasteiger partial charge in [-0.05, 0) is 37.9 Å². The van der Waals surface area contributed by atoms with Crippen LogP contribution in [0.4, 0.5) is 5.69 Å². The van der Waals surface area contributed by atoms with Gasteiger partial charge >= 0.3 is 0 Å². The SMILES string of the molecule is O=C(CC1CNC1)Nc1cnc2c(c1)[nH]c(=O)c1c2nn2cc(-c3cnn4c3CCC4)sc12. The molecule has 0 saturated carbocycles. The Kier molecular flexibility index (Phi) is 4.00. The van der Waals surface area contributed by atoms with Crippen molar-refractivity contribution in [3.63, 3.8) is 0 Å². The highest BCUT2D eigenvalue weighted by Gasteiger charge is 2.23. The van der Waals surface area contributed by atoms with Crippen molar-refractivity contribution in [3.8, 4) is 10.4 Å². The van der Waals surface area contributed by atoms with Crippen molar-refractivity contribution >= 4 is 49.7 Å². The molecule has 3 N–H and O–H groups in total. The van der Waals surface area contributed by atoms with E-state index < -0.39 is 0 Å². The number of carbonyl (C=O) groups is 1. The lowest BCUT2D eigenvalue weighted by atomic mass is 9.99. The number of pyridine rings is 2. The molecular formula is C22H20N8O2S. The normalized spacial score (nSPS) is 16.0. The summed E-state index contributed by atoms with van der Waals surface area (Å²) in [5, 5.41) is 15.8. The number of fused-ring (bicyclic) bond motifs is 6. The van der Waals surface area contributed by atoms with Crippen molar-refractivity contribution in [1.82, 2.24) is 34.7 Å². The van der Waals surface area contributed by atoms with Gasteiger partial charge in [0.25, 0.3) is 5.56 Å². The number of nitrogens with zero attached hydrogens (tertiary/aromatic N) is 5. The van der Waals surface area contributed by atoms with Gasteiger partial charge in [-0.1, -0.05) is 0 Å². The highest BCUT2D eigenvalue weighted by atomic mass is 32.1. The van der Waals surface area contributed by atoms with E-state index in [-0.39, 0.29) is 11.5 Å². The smallest absolute Gasteiger partial charge is 0.261 e. The molecule has 0 bridgehead atoms. The molecule has 2 aliphatic heterocycles. The molecule has 1 amide bonds. The first-order valence-corrected chi connectivity index (χ1v) is 11.9. The number of thiazole rings is 1. The lowest BCUT2D eigenvalue weighted by Gasteiger charge is -2.26. The summed E-state index contributed by atoms with van der Waals surface area (Å²) in [7, 11) is 0. The maximum atomic E-state index is 13.0. The van der Waals surface area contributed by atoms with Crippen molar-refractivity contribution < 1.29 is 4.79 Å². The maximum Gasteiger partial charge on any atom is 0.261 e. The van der Waals surface area contributed by atoms with E-state index in [9.17, 15) is 9.59 Å². The molecule has 5 aromatic rings. The van der Waals surface area contributed by atoms with Crippen molar-refractivity contribution in [2.24, 2.45) is 5.92 Å². The molecule has 7 heterocycles. The van der Waals surface area contributed by atoms with Crippen molar-refractivity contribution in [2.45, 2.75) is 25.8 Å². The predicted octanol–water partition coefficient (Wildman–Crippen LogP) is 2.14. The third kappa shape index (κ3) is 2.92. The second kappa shape index (κ2) is 6.96. The van der Waals surface area contributed by atoms with E-state index >= 15 is 0 Å². The first-order chi connectivity index (χ1) is 16.1. The monoisotopic (exact) mass is 460 g/mol. The summed E-state index contributed by atoms with van der Waals surface area (Å²) in [5.41, 5.74) is 4.42. The maximum absolute atomic E-state index is 13.0. The van der Waals surface area contributed by atoms with E-state index in [4.69, 9.17) is 5.10 Å². The second-order valence-electron chi connectivity index (χ2n) is 8.75. The number of aryl methyl sites for hydroxylation is 1. The number of aromatic nitrogens is 6. The van der Waals surface area contributed by atoms with Crippen LogP contribution in [0.25, 0.3) is 37.2 Å². The Morgan fingerprint density at radius 3 is 3.03 bits per heavy atom. The third-order valence-electron chi connectivity index (χ3n) is 6.52. The minimum Gasteiger partial charge on any atom is -0.325 e. The fourth-order valence-corrected chi connectivity index (χ4v) is 5.90. The van der Waals surface area contributed by atoms with Crippen LogP contribution in [-0.2, 0) is 17.8 Å². The van der Waals surface area contributed by atoms with Crippen LogP contribution in [0.5, 0.6) is 0 Å². The zero-order valence-corrected chi connectivity index (χ0v) is 18.4. The van der Waals surface area contributed by atoms with Crippen molar-refractivity contribution in [1.29, 1.82) is 0 Å². The number of hydrogen-bond acceptors (Lipinski definition) is 7. The molecule has 2 aliphatic rings. The van der Waals surface area contributed by atoms with Crippen LogP contribution in [0.2, 0.25) is 0 Å². The molecule has 0 atom stereocenters.